The van der Waals surface area contributed by atoms with Crippen LogP contribution in [0.4, 0.5) is 0 Å². The predicted octanol–water partition coefficient (Wildman–Crippen LogP) is 0.608. The van der Waals surface area contributed by atoms with Crippen LogP contribution in [0.1, 0.15) is 18.9 Å². The molecule has 15 heavy (non-hydrogen) atoms. The minimum atomic E-state index is -1.13. The first-order chi connectivity index (χ1) is 7.20. The molecule has 0 saturated heterocycles. The van der Waals surface area contributed by atoms with Crippen LogP contribution in [0, 0.1) is 0 Å². The molecule has 1 rings (SSSR count). The van der Waals surface area contributed by atoms with E-state index in [1.165, 1.54) is 0 Å². The molecule has 0 radical (unpaired) electrons. The molecule has 1 aromatic rings. The third-order valence-corrected chi connectivity index (χ3v) is 2.05. The number of hydrogen-bond donors (Lipinski definition) is 2. The Bertz CT molecular complexity index is 358. The number of aliphatic hydroxyl groups excluding tert-OH is 2. The molecule has 2 N–H and O–H groups in total. The van der Waals surface area contributed by atoms with Crippen molar-refractivity contribution in [3.8, 4) is 0 Å². The summed E-state index contributed by atoms with van der Waals surface area (Å²) in [6, 6.07) is 0. The van der Waals surface area contributed by atoms with Crippen molar-refractivity contribution in [2.75, 3.05) is 6.54 Å². The van der Waals surface area contributed by atoms with E-state index in [9.17, 15) is 10.2 Å². The Morgan fingerprint density at radius 3 is 3.00 bits per heavy atom. The van der Waals surface area contributed by atoms with E-state index in [-0.39, 0.29) is 6.54 Å². The van der Waals surface area contributed by atoms with Crippen molar-refractivity contribution in [1.82, 2.24) is 9.55 Å². The third kappa shape index (κ3) is 2.69. The second-order valence-corrected chi connectivity index (χ2v) is 3.00. The van der Waals surface area contributed by atoms with E-state index in [0.717, 1.165) is 0 Å². The molecule has 7 heteroatoms. The van der Waals surface area contributed by atoms with Crippen LogP contribution in [0.2, 0.25) is 0 Å². The molecule has 2 unspecified atom stereocenters. The van der Waals surface area contributed by atoms with Gasteiger partial charge in [0, 0.05) is 23.9 Å². The average molecular weight is 211 g/mol. The van der Waals surface area contributed by atoms with Crippen LogP contribution in [-0.4, -0.2) is 32.4 Å². The Kier molecular flexibility index (Phi) is 4.11. The molecular weight excluding hydrogens is 198 g/mol. The molecule has 82 valence electrons. The summed E-state index contributed by atoms with van der Waals surface area (Å²) < 4.78 is 1.71. The summed E-state index contributed by atoms with van der Waals surface area (Å²) >= 11 is 0. The zero-order valence-corrected chi connectivity index (χ0v) is 8.35. The first-order valence-corrected chi connectivity index (χ1v) is 4.58. The Balaban J connectivity index is 2.74. The topological polar surface area (TPSA) is 107 Å². The predicted molar refractivity (Wildman–Crippen MR) is 52.9 cm³/mol. The normalized spacial score (nSPS) is 14.3. The fourth-order valence-corrected chi connectivity index (χ4v) is 1.25. The summed E-state index contributed by atoms with van der Waals surface area (Å²) in [4.78, 5) is 6.44. The standard InChI is InChI=1S/C8H13N5O2/c1-2-13-4-3-10-8(13)7(15)6(14)5-11-12-9/h3-4,6-7,14-15H,2,5H2,1H3. The van der Waals surface area contributed by atoms with Crippen LogP contribution in [0.3, 0.4) is 0 Å². The lowest BCUT2D eigenvalue weighted by Gasteiger charge is -2.16. The quantitative estimate of drug-likeness (QED) is 0.423. The molecule has 0 amide bonds. The molecule has 1 aromatic heterocycles. The number of aromatic nitrogens is 2. The highest BCUT2D eigenvalue weighted by atomic mass is 16.3. The van der Waals surface area contributed by atoms with Crippen molar-refractivity contribution < 1.29 is 10.2 Å². The fourth-order valence-electron chi connectivity index (χ4n) is 1.25. The minimum absolute atomic E-state index is 0.172. The molecule has 0 fully saturated rings. The highest BCUT2D eigenvalue weighted by Gasteiger charge is 2.21. The summed E-state index contributed by atoms with van der Waals surface area (Å²) in [7, 11) is 0. The van der Waals surface area contributed by atoms with Crippen molar-refractivity contribution in [3.63, 3.8) is 0 Å². The smallest absolute Gasteiger partial charge is 0.140 e. The molecule has 7 nitrogen and oxygen atoms in total. The fraction of sp³-hybridized carbons (Fsp3) is 0.625. The summed E-state index contributed by atoms with van der Waals surface area (Å²) in [5, 5.41) is 22.4. The highest BCUT2D eigenvalue weighted by Crippen LogP contribution is 2.15. The van der Waals surface area contributed by atoms with E-state index in [4.69, 9.17) is 5.53 Å². The minimum Gasteiger partial charge on any atom is -0.390 e. The van der Waals surface area contributed by atoms with Crippen molar-refractivity contribution in [2.45, 2.75) is 25.7 Å². The number of rotatable bonds is 5. The van der Waals surface area contributed by atoms with Crippen molar-refractivity contribution >= 4 is 0 Å². The number of aryl methyl sites for hydroxylation is 1. The van der Waals surface area contributed by atoms with Gasteiger partial charge in [-0.15, -0.1) is 0 Å². The van der Waals surface area contributed by atoms with Gasteiger partial charge >= 0.3 is 0 Å². The first-order valence-electron chi connectivity index (χ1n) is 4.58. The van der Waals surface area contributed by atoms with E-state index in [0.29, 0.717) is 12.4 Å². The van der Waals surface area contributed by atoms with Gasteiger partial charge in [0.15, 0.2) is 0 Å². The van der Waals surface area contributed by atoms with Gasteiger partial charge in [-0.2, -0.15) is 0 Å². The van der Waals surface area contributed by atoms with Crippen LogP contribution in [0.5, 0.6) is 0 Å². The number of nitrogens with zero attached hydrogens (tertiary/aromatic N) is 5. The van der Waals surface area contributed by atoms with E-state index in [1.54, 1.807) is 17.0 Å². The van der Waals surface area contributed by atoms with Gasteiger partial charge in [0.1, 0.15) is 11.9 Å². The van der Waals surface area contributed by atoms with Crippen LogP contribution in [-0.2, 0) is 6.54 Å². The summed E-state index contributed by atoms with van der Waals surface area (Å²) in [5.41, 5.74) is 8.07. The Morgan fingerprint density at radius 2 is 2.40 bits per heavy atom. The molecule has 1 heterocycles. The first kappa shape index (κ1) is 11.5. The van der Waals surface area contributed by atoms with E-state index >= 15 is 0 Å². The van der Waals surface area contributed by atoms with Crippen LogP contribution in [0.15, 0.2) is 17.5 Å². The third-order valence-electron chi connectivity index (χ3n) is 2.05. The maximum Gasteiger partial charge on any atom is 0.140 e. The molecule has 0 aromatic carbocycles. The lowest BCUT2D eigenvalue weighted by molar-refractivity contribution is 0.0169. The molecule has 0 aliphatic carbocycles. The van der Waals surface area contributed by atoms with Gasteiger partial charge < -0.3 is 14.8 Å². The zero-order chi connectivity index (χ0) is 11.3. The summed E-state index contributed by atoms with van der Waals surface area (Å²) in [5.74, 6) is 0.373. The van der Waals surface area contributed by atoms with Gasteiger partial charge in [0.05, 0.1) is 12.6 Å². The van der Waals surface area contributed by atoms with Gasteiger partial charge in [-0.25, -0.2) is 4.98 Å². The average Bonchev–Trinajstić information content (AvgIpc) is 2.72. The molecule has 0 bridgehead atoms. The van der Waals surface area contributed by atoms with Gasteiger partial charge in [-0.1, -0.05) is 5.11 Å². The molecule has 0 aliphatic heterocycles. The maximum atomic E-state index is 9.70. The number of azide groups is 1. The second kappa shape index (κ2) is 5.35. The summed E-state index contributed by atoms with van der Waals surface area (Å²) in [6.07, 6.45) is 0.986. The van der Waals surface area contributed by atoms with Crippen LogP contribution in [0.25, 0.3) is 10.4 Å². The van der Waals surface area contributed by atoms with E-state index < -0.39 is 12.2 Å². The SMILES string of the molecule is CCn1ccnc1C(O)C(O)CN=[N+]=[N-]. The van der Waals surface area contributed by atoms with E-state index in [1.807, 2.05) is 6.92 Å². The highest BCUT2D eigenvalue weighted by molar-refractivity contribution is 4.99. The van der Waals surface area contributed by atoms with Crippen molar-refractivity contribution in [2.24, 2.45) is 5.11 Å². The summed E-state index contributed by atoms with van der Waals surface area (Å²) in [6.45, 7) is 2.38. The van der Waals surface area contributed by atoms with Crippen molar-refractivity contribution in [3.05, 3.63) is 28.7 Å². The zero-order valence-electron chi connectivity index (χ0n) is 8.35. The molecule has 0 spiro atoms. The van der Waals surface area contributed by atoms with E-state index in [2.05, 4.69) is 15.0 Å². The van der Waals surface area contributed by atoms with Gasteiger partial charge in [0.2, 0.25) is 0 Å². The van der Waals surface area contributed by atoms with Crippen LogP contribution >= 0.6 is 0 Å². The number of hydrogen-bond acceptors (Lipinski definition) is 4. The lowest BCUT2D eigenvalue weighted by atomic mass is 10.2. The van der Waals surface area contributed by atoms with Gasteiger partial charge in [-0.3, -0.25) is 0 Å². The molecule has 0 aliphatic rings. The number of aliphatic hydroxyl groups is 2. The number of imidazole rings is 1. The lowest BCUT2D eigenvalue weighted by Crippen LogP contribution is -2.24. The monoisotopic (exact) mass is 211 g/mol. The second-order valence-electron chi connectivity index (χ2n) is 3.00. The molecular formula is C8H13N5O2. The Morgan fingerprint density at radius 1 is 1.67 bits per heavy atom. The van der Waals surface area contributed by atoms with Gasteiger partial charge in [-0.05, 0) is 12.5 Å². The van der Waals surface area contributed by atoms with Gasteiger partial charge in [0.25, 0.3) is 0 Å². The Labute approximate surface area is 86.6 Å². The maximum absolute atomic E-state index is 9.70. The largest absolute Gasteiger partial charge is 0.390 e. The molecule has 2 atom stereocenters. The molecule has 0 saturated carbocycles. The van der Waals surface area contributed by atoms with Crippen LogP contribution < -0.4 is 0 Å². The Hall–Kier alpha value is -1.56. The van der Waals surface area contributed by atoms with Crippen molar-refractivity contribution in [1.29, 1.82) is 0 Å².